The fraction of sp³-hybridized carbons (Fsp3) is 0.321. The molecule has 10 nitrogen and oxygen atoms in total. The molecule has 0 saturated carbocycles. The molecule has 0 radical (unpaired) electrons. The van der Waals surface area contributed by atoms with Gasteiger partial charge in [-0.25, -0.2) is 9.00 Å². The number of carbonyl (C=O) groups excluding carboxylic acids is 2. The van der Waals surface area contributed by atoms with Crippen LogP contribution in [0, 0.1) is 5.41 Å². The number of rotatable bonds is 10. The van der Waals surface area contributed by atoms with Crippen molar-refractivity contribution < 1.29 is 27.8 Å². The molecule has 0 spiro atoms. The number of nitrogen functional groups attached to an aromatic ring is 1. The van der Waals surface area contributed by atoms with Crippen LogP contribution < -0.4 is 14.8 Å². The second kappa shape index (κ2) is 12.3. The van der Waals surface area contributed by atoms with Gasteiger partial charge in [-0.1, -0.05) is 36.4 Å². The molecule has 206 valence electrons. The van der Waals surface area contributed by atoms with E-state index >= 15 is 0 Å². The van der Waals surface area contributed by atoms with E-state index in [2.05, 4.69) is 0 Å². The van der Waals surface area contributed by atoms with Gasteiger partial charge in [-0.2, -0.15) is 0 Å². The highest BCUT2D eigenvalue weighted by Crippen LogP contribution is 2.31. The molecule has 3 aromatic rings. The van der Waals surface area contributed by atoms with Crippen molar-refractivity contribution in [2.45, 2.75) is 38.3 Å². The Bertz CT molecular complexity index is 1400. The number of esters is 1. The number of anilines is 1. The number of methoxy groups -OCH3 is 1. The highest BCUT2D eigenvalue weighted by atomic mass is 32.2. The van der Waals surface area contributed by atoms with Crippen molar-refractivity contribution in [2.75, 3.05) is 24.6 Å². The molecule has 3 aromatic carbocycles. The second-order valence-electron chi connectivity index (χ2n) is 9.23. The Morgan fingerprint density at radius 3 is 2.51 bits per heavy atom. The monoisotopic (exact) mass is 552 g/mol. The molecule has 1 saturated heterocycles. The fourth-order valence-electron chi connectivity index (χ4n) is 4.86. The first-order valence-electron chi connectivity index (χ1n) is 12.6. The summed E-state index contributed by atoms with van der Waals surface area (Å²) >= 11 is -2.50. The average molecular weight is 553 g/mol. The Balaban J connectivity index is 1.64. The zero-order chi connectivity index (χ0) is 28.1. The van der Waals surface area contributed by atoms with E-state index in [-0.39, 0.29) is 18.9 Å². The summed E-state index contributed by atoms with van der Waals surface area (Å²) in [7, 11) is 1.58. The summed E-state index contributed by atoms with van der Waals surface area (Å²) in [5, 5.41) is 9.29. The third-order valence-corrected chi connectivity index (χ3v) is 7.61. The second-order valence-corrected chi connectivity index (χ2v) is 10.1. The molecule has 0 aromatic heterocycles. The van der Waals surface area contributed by atoms with Gasteiger partial charge in [-0.05, 0) is 60.4 Å². The van der Waals surface area contributed by atoms with E-state index in [1.165, 1.54) is 9.21 Å². The van der Waals surface area contributed by atoms with Gasteiger partial charge in [0.25, 0.3) is 11.3 Å². The summed E-state index contributed by atoms with van der Waals surface area (Å²) in [5.41, 5.74) is 7.28. The predicted octanol–water partition coefficient (Wildman–Crippen LogP) is 3.24. The molecule has 1 fully saturated rings. The van der Waals surface area contributed by atoms with Crippen LogP contribution in [-0.4, -0.2) is 63.7 Å². The molecular weight excluding hydrogens is 520 g/mol. The Hall–Kier alpha value is -3.96. The van der Waals surface area contributed by atoms with E-state index in [9.17, 15) is 18.4 Å². The van der Waals surface area contributed by atoms with Gasteiger partial charge in [0.05, 0.1) is 19.4 Å². The van der Waals surface area contributed by atoms with Crippen LogP contribution in [0.1, 0.15) is 30.9 Å². The van der Waals surface area contributed by atoms with E-state index in [1.54, 1.807) is 56.5 Å². The number of piperidine rings is 1. The number of hydrogen-bond donors (Lipinski definition) is 3. The predicted molar refractivity (Wildman–Crippen MR) is 150 cm³/mol. The van der Waals surface area contributed by atoms with Crippen molar-refractivity contribution in [3.8, 4) is 5.75 Å². The first kappa shape index (κ1) is 28.1. The SMILES string of the molecule is CCOC(=O)C(Cc1ccc(C(=N)N)cc1)N1CCCC(N(c2ccc3cc(OC)ccc3c2)S(=O)O)C1=O. The molecule has 1 aliphatic heterocycles. The summed E-state index contributed by atoms with van der Waals surface area (Å²) in [6.07, 6.45) is 1.08. The third kappa shape index (κ3) is 6.21. The number of amides is 1. The van der Waals surface area contributed by atoms with Crippen LogP contribution in [0.25, 0.3) is 10.8 Å². The molecule has 3 unspecified atom stereocenters. The number of amidine groups is 1. The molecule has 11 heteroatoms. The number of nitrogens with one attached hydrogen (secondary N) is 1. The minimum Gasteiger partial charge on any atom is -0.497 e. The standard InChI is InChI=1S/C28H32N4O6S/c1-3-38-28(34)25(15-18-6-8-19(9-7-18)26(29)30)31-14-4-5-24(27(31)33)32(39(35)36)22-12-10-21-17-23(37-2)13-11-20(21)16-22/h6-13,16-17,24-25H,3-5,14-15H2,1-2H3,(H3,29,30)(H,35,36). The van der Waals surface area contributed by atoms with Gasteiger partial charge in [0, 0.05) is 18.5 Å². The largest absolute Gasteiger partial charge is 0.497 e. The molecule has 39 heavy (non-hydrogen) atoms. The lowest BCUT2D eigenvalue weighted by molar-refractivity contribution is -0.156. The number of nitrogens with two attached hydrogens (primary N) is 1. The highest BCUT2D eigenvalue weighted by molar-refractivity contribution is 7.80. The van der Waals surface area contributed by atoms with Crippen molar-refractivity contribution in [3.63, 3.8) is 0 Å². The molecule has 0 aliphatic carbocycles. The minimum atomic E-state index is -2.50. The lowest BCUT2D eigenvalue weighted by Gasteiger charge is -2.40. The number of nitrogens with zero attached hydrogens (tertiary/aromatic N) is 2. The van der Waals surface area contributed by atoms with E-state index in [4.69, 9.17) is 20.6 Å². The van der Waals surface area contributed by atoms with E-state index < -0.39 is 35.2 Å². The molecule has 1 amide bonds. The Morgan fingerprint density at radius 2 is 1.87 bits per heavy atom. The zero-order valence-electron chi connectivity index (χ0n) is 21.8. The Labute approximate surface area is 229 Å². The van der Waals surface area contributed by atoms with Crippen LogP contribution in [-0.2, 0) is 32.0 Å². The molecule has 1 aliphatic rings. The van der Waals surface area contributed by atoms with Crippen LogP contribution in [0.5, 0.6) is 5.75 Å². The lowest BCUT2D eigenvalue weighted by Crippen LogP contribution is -2.58. The minimum absolute atomic E-state index is 0.0672. The van der Waals surface area contributed by atoms with E-state index in [0.717, 1.165) is 16.3 Å². The number of hydrogen-bond acceptors (Lipinski definition) is 6. The number of carbonyl (C=O) groups is 2. The fourth-order valence-corrected chi connectivity index (χ4v) is 5.57. The quantitative estimate of drug-likeness (QED) is 0.151. The lowest BCUT2D eigenvalue weighted by atomic mass is 9.97. The van der Waals surface area contributed by atoms with Crippen LogP contribution in [0.3, 0.4) is 0 Å². The van der Waals surface area contributed by atoms with Crippen molar-refractivity contribution in [3.05, 3.63) is 71.8 Å². The average Bonchev–Trinajstić information content (AvgIpc) is 2.93. The molecular formula is C28H32N4O6S. The Kier molecular flexibility index (Phi) is 8.82. The maximum absolute atomic E-state index is 13.8. The number of fused-ring (bicyclic) bond motifs is 1. The smallest absolute Gasteiger partial charge is 0.329 e. The molecule has 1 heterocycles. The van der Waals surface area contributed by atoms with Gasteiger partial charge in [-0.15, -0.1) is 0 Å². The van der Waals surface area contributed by atoms with Gasteiger partial charge in [0.1, 0.15) is 23.7 Å². The normalized spacial score (nSPS) is 16.9. The van der Waals surface area contributed by atoms with Gasteiger partial charge >= 0.3 is 5.97 Å². The van der Waals surface area contributed by atoms with Crippen molar-refractivity contribution >= 4 is 45.4 Å². The molecule has 4 N–H and O–H groups in total. The maximum Gasteiger partial charge on any atom is 0.329 e. The van der Waals surface area contributed by atoms with Gasteiger partial charge < -0.3 is 20.1 Å². The summed E-state index contributed by atoms with van der Waals surface area (Å²) in [5.74, 6) is -0.338. The maximum atomic E-state index is 13.8. The first-order valence-corrected chi connectivity index (χ1v) is 13.7. The van der Waals surface area contributed by atoms with Crippen LogP contribution in [0.15, 0.2) is 60.7 Å². The van der Waals surface area contributed by atoms with Crippen LogP contribution in [0.2, 0.25) is 0 Å². The van der Waals surface area contributed by atoms with Crippen molar-refractivity contribution in [1.82, 2.24) is 4.90 Å². The van der Waals surface area contributed by atoms with E-state index in [1.807, 2.05) is 18.2 Å². The number of likely N-dealkylation sites (tertiary alicyclic amines) is 1. The van der Waals surface area contributed by atoms with E-state index in [0.29, 0.717) is 36.4 Å². The molecule has 3 atom stereocenters. The Morgan fingerprint density at radius 1 is 1.18 bits per heavy atom. The summed E-state index contributed by atoms with van der Waals surface area (Å²) in [6, 6.07) is 15.8. The van der Waals surface area contributed by atoms with Gasteiger partial charge in [0.15, 0.2) is 0 Å². The number of benzene rings is 3. The van der Waals surface area contributed by atoms with Gasteiger partial charge in [-0.3, -0.25) is 19.1 Å². The topological polar surface area (TPSA) is 146 Å². The highest BCUT2D eigenvalue weighted by Gasteiger charge is 2.41. The third-order valence-electron chi connectivity index (χ3n) is 6.81. The summed E-state index contributed by atoms with van der Waals surface area (Å²) in [4.78, 5) is 28.3. The first-order chi connectivity index (χ1) is 18.7. The van der Waals surface area contributed by atoms with Crippen LogP contribution >= 0.6 is 0 Å². The summed E-state index contributed by atoms with van der Waals surface area (Å²) in [6.45, 7) is 2.16. The molecule has 0 bridgehead atoms. The van der Waals surface area contributed by atoms with Crippen LogP contribution in [0.4, 0.5) is 5.69 Å². The molecule has 4 rings (SSSR count). The van der Waals surface area contributed by atoms with Crippen molar-refractivity contribution in [2.24, 2.45) is 5.73 Å². The zero-order valence-corrected chi connectivity index (χ0v) is 22.6. The number of ether oxygens (including phenoxy) is 2. The van der Waals surface area contributed by atoms with Gasteiger partial charge in [0.2, 0.25) is 5.91 Å². The van der Waals surface area contributed by atoms with Crippen molar-refractivity contribution in [1.29, 1.82) is 5.41 Å². The summed E-state index contributed by atoms with van der Waals surface area (Å²) < 4.78 is 34.7.